The topological polar surface area (TPSA) is 58.2 Å². The van der Waals surface area contributed by atoms with Gasteiger partial charge in [-0.15, -0.1) is 0 Å². The Bertz CT molecular complexity index is 923. The van der Waals surface area contributed by atoms with Gasteiger partial charge in [0.2, 0.25) is 0 Å². The van der Waals surface area contributed by atoms with Crippen molar-refractivity contribution < 1.29 is 9.59 Å². The molecule has 34 heavy (non-hydrogen) atoms. The van der Waals surface area contributed by atoms with Crippen molar-refractivity contribution in [3.8, 4) is 0 Å². The molecule has 0 spiro atoms. The van der Waals surface area contributed by atoms with Crippen LogP contribution in [0.25, 0.3) is 0 Å². The van der Waals surface area contributed by atoms with Crippen molar-refractivity contribution >= 4 is 43.7 Å². The Morgan fingerprint density at radius 1 is 0.647 bits per heavy atom. The summed E-state index contributed by atoms with van der Waals surface area (Å²) in [7, 11) is 0. The highest BCUT2D eigenvalue weighted by molar-refractivity contribution is 9.10. The molecule has 0 atom stereocenters. The molecule has 0 saturated heterocycles. The van der Waals surface area contributed by atoms with E-state index in [0.717, 1.165) is 34.6 Å². The molecular formula is C28H38Br2N2O2. The van der Waals surface area contributed by atoms with E-state index in [-0.39, 0.29) is 22.6 Å². The minimum absolute atomic E-state index is 0.0288. The summed E-state index contributed by atoms with van der Waals surface area (Å²) in [6.07, 6.45) is 3.85. The largest absolute Gasteiger partial charge is 0.352 e. The molecule has 0 aliphatic rings. The Balaban J connectivity index is 1.65. The minimum atomic E-state index is -0.0444. The first-order valence-corrected chi connectivity index (χ1v) is 13.6. The van der Waals surface area contributed by atoms with Crippen LogP contribution in [-0.4, -0.2) is 24.9 Å². The van der Waals surface area contributed by atoms with E-state index in [1.54, 1.807) is 0 Å². The Labute approximate surface area is 221 Å². The zero-order chi connectivity index (χ0) is 25.5. The molecule has 2 aromatic rings. The van der Waals surface area contributed by atoms with Gasteiger partial charge in [0.1, 0.15) is 0 Å². The van der Waals surface area contributed by atoms with E-state index in [9.17, 15) is 9.59 Å². The Morgan fingerprint density at radius 2 is 1.00 bits per heavy atom. The van der Waals surface area contributed by atoms with E-state index >= 15 is 0 Å². The van der Waals surface area contributed by atoms with Crippen LogP contribution in [0, 0.1) is 0 Å². The quantitative estimate of drug-likeness (QED) is 0.295. The van der Waals surface area contributed by atoms with Crippen LogP contribution in [0.3, 0.4) is 0 Å². The molecule has 186 valence electrons. The Hall–Kier alpha value is -1.66. The van der Waals surface area contributed by atoms with Gasteiger partial charge in [0.05, 0.1) is 0 Å². The highest BCUT2D eigenvalue weighted by Gasteiger charge is 2.19. The SMILES string of the molecule is CC(C)(C)c1ccc(C(=O)NCCCCCCNC(=O)c2ccc(C(C)(C)C)c(Br)c2)cc1Br. The van der Waals surface area contributed by atoms with Crippen LogP contribution in [0.1, 0.15) is 99.1 Å². The summed E-state index contributed by atoms with van der Waals surface area (Å²) in [5.41, 5.74) is 3.77. The molecule has 0 aliphatic carbocycles. The molecule has 2 amide bonds. The summed E-state index contributed by atoms with van der Waals surface area (Å²) in [6, 6.07) is 11.6. The van der Waals surface area contributed by atoms with E-state index in [2.05, 4.69) is 84.0 Å². The molecular weight excluding hydrogens is 556 g/mol. The summed E-state index contributed by atoms with van der Waals surface area (Å²) in [4.78, 5) is 24.8. The van der Waals surface area contributed by atoms with Crippen molar-refractivity contribution in [3.05, 3.63) is 67.6 Å². The number of carbonyl (C=O) groups is 2. The maximum Gasteiger partial charge on any atom is 0.251 e. The van der Waals surface area contributed by atoms with Crippen molar-refractivity contribution in [3.63, 3.8) is 0 Å². The van der Waals surface area contributed by atoms with E-state index in [1.165, 1.54) is 11.1 Å². The molecule has 6 heteroatoms. The van der Waals surface area contributed by atoms with Gasteiger partial charge < -0.3 is 10.6 Å². The lowest BCUT2D eigenvalue weighted by atomic mass is 9.86. The third-order valence-electron chi connectivity index (χ3n) is 5.75. The first kappa shape index (κ1) is 28.6. The van der Waals surface area contributed by atoms with Crippen LogP contribution in [-0.2, 0) is 10.8 Å². The van der Waals surface area contributed by atoms with Crippen molar-refractivity contribution in [2.75, 3.05) is 13.1 Å². The summed E-state index contributed by atoms with van der Waals surface area (Å²) >= 11 is 7.19. The molecule has 4 nitrogen and oxygen atoms in total. The number of benzene rings is 2. The summed E-state index contributed by atoms with van der Waals surface area (Å²) in [6.45, 7) is 14.2. The van der Waals surface area contributed by atoms with E-state index < -0.39 is 0 Å². The molecule has 0 unspecified atom stereocenters. The highest BCUT2D eigenvalue weighted by Crippen LogP contribution is 2.31. The van der Waals surface area contributed by atoms with Gasteiger partial charge in [-0.3, -0.25) is 9.59 Å². The summed E-state index contributed by atoms with van der Waals surface area (Å²) in [5, 5.41) is 6.00. The van der Waals surface area contributed by atoms with Gasteiger partial charge in [0.15, 0.2) is 0 Å². The lowest BCUT2D eigenvalue weighted by Gasteiger charge is -2.21. The summed E-state index contributed by atoms with van der Waals surface area (Å²) in [5.74, 6) is -0.0888. The Kier molecular flexibility index (Phi) is 10.4. The number of unbranched alkanes of at least 4 members (excludes halogenated alkanes) is 3. The van der Waals surface area contributed by atoms with E-state index in [4.69, 9.17) is 0 Å². The van der Waals surface area contributed by atoms with Crippen LogP contribution < -0.4 is 10.6 Å². The lowest BCUT2D eigenvalue weighted by molar-refractivity contribution is 0.0943. The monoisotopic (exact) mass is 592 g/mol. The van der Waals surface area contributed by atoms with Crippen LogP contribution in [0.15, 0.2) is 45.3 Å². The van der Waals surface area contributed by atoms with Crippen LogP contribution in [0.5, 0.6) is 0 Å². The van der Waals surface area contributed by atoms with Gasteiger partial charge in [0, 0.05) is 33.2 Å². The molecule has 0 fully saturated rings. The molecule has 0 saturated carbocycles. The first-order valence-electron chi connectivity index (χ1n) is 12.0. The number of amides is 2. The van der Waals surface area contributed by atoms with Crippen LogP contribution in [0.4, 0.5) is 0 Å². The maximum absolute atomic E-state index is 12.4. The predicted molar refractivity (Wildman–Crippen MR) is 149 cm³/mol. The van der Waals surface area contributed by atoms with Crippen molar-refractivity contribution in [1.29, 1.82) is 0 Å². The number of nitrogens with one attached hydrogen (secondary N) is 2. The average Bonchev–Trinajstić information content (AvgIpc) is 2.73. The minimum Gasteiger partial charge on any atom is -0.352 e. The molecule has 2 rings (SSSR count). The van der Waals surface area contributed by atoms with Gasteiger partial charge >= 0.3 is 0 Å². The fourth-order valence-corrected chi connectivity index (χ4v) is 5.69. The third kappa shape index (κ3) is 8.53. The Morgan fingerprint density at radius 3 is 1.29 bits per heavy atom. The fourth-order valence-electron chi connectivity index (χ4n) is 3.74. The zero-order valence-corrected chi connectivity index (χ0v) is 24.5. The van der Waals surface area contributed by atoms with Crippen molar-refractivity contribution in [2.45, 2.75) is 78.1 Å². The molecule has 0 aliphatic heterocycles. The van der Waals surface area contributed by atoms with Gasteiger partial charge in [-0.2, -0.15) is 0 Å². The molecule has 0 bridgehead atoms. The fraction of sp³-hybridized carbons (Fsp3) is 0.500. The number of hydrogen-bond acceptors (Lipinski definition) is 2. The van der Waals surface area contributed by atoms with Crippen LogP contribution in [0.2, 0.25) is 0 Å². The first-order chi connectivity index (χ1) is 15.8. The molecule has 2 aromatic carbocycles. The van der Waals surface area contributed by atoms with E-state index in [1.807, 2.05) is 36.4 Å². The van der Waals surface area contributed by atoms with E-state index in [0.29, 0.717) is 24.2 Å². The average molecular weight is 594 g/mol. The molecule has 2 N–H and O–H groups in total. The number of hydrogen-bond donors (Lipinski definition) is 2. The second-order valence-electron chi connectivity index (χ2n) is 10.8. The van der Waals surface area contributed by atoms with Crippen LogP contribution >= 0.6 is 31.9 Å². The molecule has 0 radical (unpaired) electrons. The molecule has 0 aromatic heterocycles. The second-order valence-corrected chi connectivity index (χ2v) is 12.5. The van der Waals surface area contributed by atoms with Gasteiger partial charge in [-0.1, -0.05) is 98.4 Å². The summed E-state index contributed by atoms with van der Waals surface area (Å²) < 4.78 is 1.93. The highest BCUT2D eigenvalue weighted by atomic mass is 79.9. The number of halogens is 2. The normalized spacial score (nSPS) is 11.9. The van der Waals surface area contributed by atoms with Gasteiger partial charge in [-0.25, -0.2) is 0 Å². The number of carbonyl (C=O) groups excluding carboxylic acids is 2. The van der Waals surface area contributed by atoms with Gasteiger partial charge in [-0.05, 0) is 59.1 Å². The standard InChI is InChI=1S/C28H38Br2N2O2/c1-27(2,3)21-13-11-19(17-23(21)29)25(33)31-15-9-7-8-10-16-32-26(34)20-12-14-22(24(30)18-20)28(4,5)6/h11-14,17-18H,7-10,15-16H2,1-6H3,(H,31,33)(H,32,34). The van der Waals surface area contributed by atoms with Crippen molar-refractivity contribution in [2.24, 2.45) is 0 Å². The second kappa shape index (κ2) is 12.3. The smallest absolute Gasteiger partial charge is 0.251 e. The maximum atomic E-state index is 12.4. The molecule has 0 heterocycles. The van der Waals surface area contributed by atoms with Crippen molar-refractivity contribution in [1.82, 2.24) is 10.6 Å². The third-order valence-corrected chi connectivity index (χ3v) is 7.07. The zero-order valence-electron chi connectivity index (χ0n) is 21.3. The lowest BCUT2D eigenvalue weighted by Crippen LogP contribution is -2.25. The number of rotatable bonds is 9. The predicted octanol–water partition coefficient (Wildman–Crippen LogP) is 7.53. The van der Waals surface area contributed by atoms with Gasteiger partial charge in [0.25, 0.3) is 11.8 Å².